The Balaban J connectivity index is 0.000000200. The van der Waals surface area contributed by atoms with Crippen molar-refractivity contribution in [3.63, 3.8) is 0 Å². The van der Waals surface area contributed by atoms with Crippen LogP contribution >= 0.6 is 0 Å². The molecule has 0 saturated carbocycles. The monoisotopic (exact) mass is 282 g/mol. The fourth-order valence-corrected chi connectivity index (χ4v) is 3.86. The Kier molecular flexibility index (Phi) is 6.10. The van der Waals surface area contributed by atoms with Gasteiger partial charge < -0.3 is 0 Å². The second kappa shape index (κ2) is 6.79. The van der Waals surface area contributed by atoms with E-state index in [0.717, 1.165) is 12.1 Å². The van der Waals surface area contributed by atoms with Gasteiger partial charge in [-0.2, -0.15) is 0 Å². The standard InChI is InChI=1S/2C9H19N/c2*1-8-6-5-7-10(8)9(2,3)4/h2*8H,5-7H2,1-4H3. The third kappa shape index (κ3) is 5.04. The molecule has 2 fully saturated rings. The minimum atomic E-state index is 0.385. The summed E-state index contributed by atoms with van der Waals surface area (Å²) in [5.41, 5.74) is 0.770. The molecule has 0 aromatic carbocycles. The Bertz CT molecular complexity index is 255. The molecular weight excluding hydrogens is 244 g/mol. The van der Waals surface area contributed by atoms with E-state index >= 15 is 0 Å². The van der Waals surface area contributed by atoms with Gasteiger partial charge in [-0.3, -0.25) is 9.80 Å². The topological polar surface area (TPSA) is 6.48 Å². The van der Waals surface area contributed by atoms with E-state index in [0.29, 0.717) is 11.1 Å². The Morgan fingerprint density at radius 1 is 0.650 bits per heavy atom. The highest BCUT2D eigenvalue weighted by Crippen LogP contribution is 2.26. The first-order valence-corrected chi connectivity index (χ1v) is 8.57. The molecule has 2 atom stereocenters. The van der Waals surface area contributed by atoms with Crippen molar-refractivity contribution in [3.05, 3.63) is 0 Å². The molecule has 2 saturated heterocycles. The van der Waals surface area contributed by atoms with Crippen molar-refractivity contribution >= 4 is 0 Å². The second-order valence-electron chi connectivity index (χ2n) is 8.71. The number of nitrogens with zero attached hydrogens (tertiary/aromatic N) is 2. The van der Waals surface area contributed by atoms with Gasteiger partial charge in [0.2, 0.25) is 0 Å². The highest BCUT2D eigenvalue weighted by atomic mass is 15.2. The average molecular weight is 283 g/mol. The van der Waals surface area contributed by atoms with Crippen molar-refractivity contribution in [2.45, 2.75) is 104 Å². The minimum Gasteiger partial charge on any atom is -0.296 e. The normalized spacial score (nSPS) is 29.4. The summed E-state index contributed by atoms with van der Waals surface area (Å²) in [6.45, 7) is 21.1. The molecule has 0 amide bonds. The molecule has 2 unspecified atom stereocenters. The van der Waals surface area contributed by atoms with Gasteiger partial charge in [-0.1, -0.05) is 0 Å². The van der Waals surface area contributed by atoms with E-state index in [-0.39, 0.29) is 0 Å². The first kappa shape index (κ1) is 18.0. The van der Waals surface area contributed by atoms with Gasteiger partial charge in [0.1, 0.15) is 0 Å². The largest absolute Gasteiger partial charge is 0.296 e. The quantitative estimate of drug-likeness (QED) is 0.643. The van der Waals surface area contributed by atoms with E-state index in [1.807, 2.05) is 0 Å². The van der Waals surface area contributed by atoms with Gasteiger partial charge >= 0.3 is 0 Å². The van der Waals surface area contributed by atoms with E-state index in [9.17, 15) is 0 Å². The zero-order chi connectivity index (χ0) is 15.6. The van der Waals surface area contributed by atoms with Crippen molar-refractivity contribution in [3.8, 4) is 0 Å². The lowest BCUT2D eigenvalue weighted by Crippen LogP contribution is -2.43. The number of hydrogen-bond acceptors (Lipinski definition) is 2. The van der Waals surface area contributed by atoms with E-state index < -0.39 is 0 Å². The predicted molar refractivity (Wildman–Crippen MR) is 90.3 cm³/mol. The van der Waals surface area contributed by atoms with Gasteiger partial charge in [-0.15, -0.1) is 0 Å². The Hall–Kier alpha value is -0.0800. The van der Waals surface area contributed by atoms with Crippen LogP contribution in [0, 0.1) is 0 Å². The lowest BCUT2D eigenvalue weighted by atomic mass is 10.1. The smallest absolute Gasteiger partial charge is 0.0127 e. The SMILES string of the molecule is CC1CCCN1C(C)(C)C.CC1CCCN1C(C)(C)C. The molecule has 0 aromatic rings. The summed E-state index contributed by atoms with van der Waals surface area (Å²) in [7, 11) is 0. The van der Waals surface area contributed by atoms with Gasteiger partial charge in [0.05, 0.1) is 0 Å². The lowest BCUT2D eigenvalue weighted by Gasteiger charge is -2.35. The van der Waals surface area contributed by atoms with Crippen LogP contribution in [0.15, 0.2) is 0 Å². The Labute approximate surface area is 127 Å². The van der Waals surface area contributed by atoms with E-state index in [2.05, 4.69) is 65.2 Å². The maximum atomic E-state index is 2.59. The molecule has 2 rings (SSSR count). The second-order valence-corrected chi connectivity index (χ2v) is 8.71. The van der Waals surface area contributed by atoms with Gasteiger partial charge in [-0.05, 0) is 94.2 Å². The van der Waals surface area contributed by atoms with Crippen molar-refractivity contribution in [2.75, 3.05) is 13.1 Å². The molecule has 0 N–H and O–H groups in total. The summed E-state index contributed by atoms with van der Waals surface area (Å²) in [5, 5.41) is 0. The first-order chi connectivity index (χ1) is 9.03. The van der Waals surface area contributed by atoms with Gasteiger partial charge in [0.15, 0.2) is 0 Å². The summed E-state index contributed by atoms with van der Waals surface area (Å²) in [4.78, 5) is 5.18. The molecule has 2 aliphatic heterocycles. The van der Waals surface area contributed by atoms with Crippen LogP contribution < -0.4 is 0 Å². The zero-order valence-electron chi connectivity index (χ0n) is 15.3. The van der Waals surface area contributed by atoms with Crippen molar-refractivity contribution in [2.24, 2.45) is 0 Å². The van der Waals surface area contributed by atoms with Gasteiger partial charge in [0.25, 0.3) is 0 Å². The van der Waals surface area contributed by atoms with E-state index in [1.165, 1.54) is 38.8 Å². The van der Waals surface area contributed by atoms with Crippen molar-refractivity contribution < 1.29 is 0 Å². The van der Waals surface area contributed by atoms with Crippen molar-refractivity contribution in [1.82, 2.24) is 9.80 Å². The molecule has 20 heavy (non-hydrogen) atoms. The van der Waals surface area contributed by atoms with E-state index in [4.69, 9.17) is 0 Å². The number of rotatable bonds is 0. The van der Waals surface area contributed by atoms with E-state index in [1.54, 1.807) is 0 Å². The summed E-state index contributed by atoms with van der Waals surface area (Å²) >= 11 is 0. The van der Waals surface area contributed by atoms with Gasteiger partial charge in [0, 0.05) is 23.2 Å². The number of hydrogen-bond donors (Lipinski definition) is 0. The maximum Gasteiger partial charge on any atom is 0.0127 e. The molecule has 0 aromatic heterocycles. The minimum absolute atomic E-state index is 0.385. The van der Waals surface area contributed by atoms with Crippen LogP contribution in [-0.4, -0.2) is 46.1 Å². The Morgan fingerprint density at radius 3 is 1.05 bits per heavy atom. The molecule has 0 aliphatic carbocycles. The van der Waals surface area contributed by atoms with Crippen LogP contribution in [0.1, 0.15) is 81.1 Å². The molecule has 0 spiro atoms. The molecule has 0 bridgehead atoms. The molecule has 2 nitrogen and oxygen atoms in total. The first-order valence-electron chi connectivity index (χ1n) is 8.57. The van der Waals surface area contributed by atoms with Crippen LogP contribution in [0.25, 0.3) is 0 Å². The van der Waals surface area contributed by atoms with Crippen LogP contribution in [0.5, 0.6) is 0 Å². The fourth-order valence-electron chi connectivity index (χ4n) is 3.86. The van der Waals surface area contributed by atoms with Gasteiger partial charge in [-0.25, -0.2) is 0 Å². The molecule has 2 heteroatoms. The Morgan fingerprint density at radius 2 is 0.950 bits per heavy atom. The zero-order valence-corrected chi connectivity index (χ0v) is 15.3. The molecule has 120 valence electrons. The van der Waals surface area contributed by atoms with Crippen LogP contribution in [-0.2, 0) is 0 Å². The summed E-state index contributed by atoms with van der Waals surface area (Å²) in [6.07, 6.45) is 5.55. The van der Waals surface area contributed by atoms with Crippen LogP contribution in [0.3, 0.4) is 0 Å². The highest BCUT2D eigenvalue weighted by Gasteiger charge is 2.30. The predicted octanol–water partition coefficient (Wildman–Crippen LogP) is 4.54. The third-order valence-corrected chi connectivity index (χ3v) is 4.83. The fraction of sp³-hybridized carbons (Fsp3) is 1.00. The summed E-state index contributed by atoms with van der Waals surface area (Å²) in [5.74, 6) is 0. The highest BCUT2D eigenvalue weighted by molar-refractivity contribution is 4.86. The molecular formula is C18H38N2. The number of likely N-dealkylation sites (tertiary alicyclic amines) is 2. The van der Waals surface area contributed by atoms with Crippen molar-refractivity contribution in [1.29, 1.82) is 0 Å². The summed E-state index contributed by atoms with van der Waals surface area (Å²) in [6, 6.07) is 1.61. The molecule has 0 radical (unpaired) electrons. The summed E-state index contributed by atoms with van der Waals surface area (Å²) < 4.78 is 0. The molecule has 2 heterocycles. The van der Waals surface area contributed by atoms with Crippen LogP contribution in [0.4, 0.5) is 0 Å². The maximum absolute atomic E-state index is 2.59. The lowest BCUT2D eigenvalue weighted by molar-refractivity contribution is 0.130. The molecule has 2 aliphatic rings. The third-order valence-electron chi connectivity index (χ3n) is 4.83. The van der Waals surface area contributed by atoms with Crippen LogP contribution in [0.2, 0.25) is 0 Å². The average Bonchev–Trinajstić information content (AvgIpc) is 2.85.